The van der Waals surface area contributed by atoms with E-state index in [2.05, 4.69) is 29.9 Å². The van der Waals surface area contributed by atoms with Crippen molar-refractivity contribution in [3.05, 3.63) is 54.0 Å². The van der Waals surface area contributed by atoms with Crippen molar-refractivity contribution in [3.63, 3.8) is 0 Å². The summed E-state index contributed by atoms with van der Waals surface area (Å²) in [5, 5.41) is 0. The minimum Gasteiger partial charge on any atom is -0.480 e. The van der Waals surface area contributed by atoms with Gasteiger partial charge in [0.2, 0.25) is 5.88 Å². The Bertz CT molecular complexity index is 964. The molecule has 0 N–H and O–H groups in total. The Morgan fingerprint density at radius 1 is 1.12 bits per heavy atom. The summed E-state index contributed by atoms with van der Waals surface area (Å²) in [5.41, 5.74) is 1.90. The number of hydrogen-bond acceptors (Lipinski definition) is 8. The number of ether oxygens (including phenoxy) is 1. The zero-order chi connectivity index (χ0) is 18.1. The highest BCUT2D eigenvalue weighted by Gasteiger charge is 2.33. The molecule has 4 heterocycles. The highest BCUT2D eigenvalue weighted by molar-refractivity contribution is 5.92. The van der Waals surface area contributed by atoms with Gasteiger partial charge < -0.3 is 9.64 Å². The number of rotatable bonds is 3. The second-order valence-electron chi connectivity index (χ2n) is 5.72. The Morgan fingerprint density at radius 3 is 2.69 bits per heavy atom. The van der Waals surface area contributed by atoms with Crippen LogP contribution in [0.25, 0.3) is 11.6 Å². The topological polar surface area (TPSA) is 107 Å². The van der Waals surface area contributed by atoms with Crippen LogP contribution in [0, 0.1) is 0 Å². The third-order valence-corrected chi connectivity index (χ3v) is 4.21. The Labute approximate surface area is 149 Å². The molecule has 3 aromatic rings. The van der Waals surface area contributed by atoms with E-state index in [9.17, 15) is 4.79 Å². The molecule has 1 unspecified atom stereocenters. The molecule has 130 valence electrons. The van der Waals surface area contributed by atoms with Gasteiger partial charge in [0.15, 0.2) is 17.3 Å². The van der Waals surface area contributed by atoms with Gasteiger partial charge in [-0.25, -0.2) is 24.9 Å². The Balaban J connectivity index is 1.63. The maximum Gasteiger partial charge on any atom is 0.275 e. The first-order valence-electron chi connectivity index (χ1n) is 7.97. The van der Waals surface area contributed by atoms with Crippen LogP contribution in [0.2, 0.25) is 0 Å². The number of methoxy groups -OCH3 is 1. The van der Waals surface area contributed by atoms with Gasteiger partial charge in [-0.15, -0.1) is 0 Å². The third kappa shape index (κ3) is 2.73. The lowest BCUT2D eigenvalue weighted by Crippen LogP contribution is -2.29. The number of amides is 1. The van der Waals surface area contributed by atoms with E-state index in [0.717, 1.165) is 11.3 Å². The average molecular weight is 349 g/mol. The summed E-state index contributed by atoms with van der Waals surface area (Å²) in [5.74, 6) is 0.946. The molecule has 0 spiro atoms. The van der Waals surface area contributed by atoms with Crippen LogP contribution >= 0.6 is 0 Å². The number of carbonyl (C=O) groups excluding carboxylic acids is 1. The molecule has 4 rings (SSSR count). The van der Waals surface area contributed by atoms with Crippen LogP contribution in [0.3, 0.4) is 0 Å². The summed E-state index contributed by atoms with van der Waals surface area (Å²) in [4.78, 5) is 39.9. The quantitative estimate of drug-likeness (QED) is 0.699. The van der Waals surface area contributed by atoms with E-state index in [1.165, 1.54) is 19.5 Å². The lowest BCUT2D eigenvalue weighted by Gasteiger charge is -2.20. The van der Waals surface area contributed by atoms with E-state index in [1.807, 2.05) is 6.92 Å². The van der Waals surface area contributed by atoms with Crippen molar-refractivity contribution in [2.24, 2.45) is 0 Å². The number of hydrogen-bond donors (Lipinski definition) is 0. The smallest absolute Gasteiger partial charge is 0.275 e. The molecule has 9 heteroatoms. The van der Waals surface area contributed by atoms with Crippen LogP contribution in [0.1, 0.15) is 34.7 Å². The number of carbonyl (C=O) groups is 1. The molecule has 0 saturated heterocycles. The highest BCUT2D eigenvalue weighted by Crippen LogP contribution is 2.33. The fourth-order valence-electron chi connectivity index (χ4n) is 2.83. The molecule has 3 aromatic heterocycles. The number of nitrogens with zero attached hydrogens (tertiary/aromatic N) is 7. The van der Waals surface area contributed by atoms with Gasteiger partial charge in [0, 0.05) is 24.2 Å². The van der Waals surface area contributed by atoms with Crippen molar-refractivity contribution in [2.45, 2.75) is 19.5 Å². The first kappa shape index (κ1) is 16.0. The molecule has 0 saturated carbocycles. The Morgan fingerprint density at radius 2 is 1.92 bits per heavy atom. The minimum atomic E-state index is -0.237. The van der Waals surface area contributed by atoms with Crippen LogP contribution in [0.5, 0.6) is 5.88 Å². The van der Waals surface area contributed by atoms with Gasteiger partial charge in [-0.05, 0) is 13.0 Å². The summed E-state index contributed by atoms with van der Waals surface area (Å²) in [7, 11) is 1.48. The van der Waals surface area contributed by atoms with Gasteiger partial charge in [0.1, 0.15) is 0 Å². The molecule has 0 aromatic carbocycles. The van der Waals surface area contributed by atoms with Gasteiger partial charge in [-0.1, -0.05) is 0 Å². The largest absolute Gasteiger partial charge is 0.480 e. The maximum atomic E-state index is 12.8. The maximum absolute atomic E-state index is 12.8. The molecule has 0 fully saturated rings. The molecule has 0 bridgehead atoms. The van der Waals surface area contributed by atoms with Gasteiger partial charge in [-0.2, -0.15) is 0 Å². The lowest BCUT2D eigenvalue weighted by molar-refractivity contribution is 0.0696. The van der Waals surface area contributed by atoms with Crippen molar-refractivity contribution in [1.82, 2.24) is 34.8 Å². The molecule has 1 atom stereocenters. The standard InChI is InChI=1S/C17H15N7O2/c1-10-11-6-21-16(15-19-4-3-5-20-15)23-13(11)9-24(10)17(25)12-7-18-8-14(22-12)26-2/h3-8,10H,9H2,1-2H3. The third-order valence-electron chi connectivity index (χ3n) is 4.21. The van der Waals surface area contributed by atoms with E-state index in [4.69, 9.17) is 4.74 Å². The van der Waals surface area contributed by atoms with Crippen LogP contribution in [0.15, 0.2) is 37.1 Å². The van der Waals surface area contributed by atoms with Crippen LogP contribution < -0.4 is 4.74 Å². The summed E-state index contributed by atoms with van der Waals surface area (Å²) in [6.07, 6.45) is 7.88. The highest BCUT2D eigenvalue weighted by atomic mass is 16.5. The molecule has 1 aliphatic heterocycles. The summed E-state index contributed by atoms with van der Waals surface area (Å²) >= 11 is 0. The van der Waals surface area contributed by atoms with E-state index in [0.29, 0.717) is 24.1 Å². The average Bonchev–Trinajstić information content (AvgIpc) is 3.04. The molecular formula is C17H15N7O2. The molecule has 1 amide bonds. The van der Waals surface area contributed by atoms with Gasteiger partial charge >= 0.3 is 0 Å². The number of aromatic nitrogens is 6. The lowest BCUT2D eigenvalue weighted by atomic mass is 10.1. The fraction of sp³-hybridized carbons (Fsp3) is 0.235. The predicted octanol–water partition coefficient (Wildman–Crippen LogP) is 1.45. The number of fused-ring (bicyclic) bond motifs is 1. The Hall–Kier alpha value is -3.49. The van der Waals surface area contributed by atoms with Crippen LogP contribution in [-0.4, -0.2) is 47.8 Å². The monoisotopic (exact) mass is 349 g/mol. The second kappa shape index (κ2) is 6.43. The van der Waals surface area contributed by atoms with E-state index >= 15 is 0 Å². The normalized spacial score (nSPS) is 15.6. The first-order valence-corrected chi connectivity index (χ1v) is 7.97. The zero-order valence-electron chi connectivity index (χ0n) is 14.2. The van der Waals surface area contributed by atoms with Gasteiger partial charge in [-0.3, -0.25) is 9.78 Å². The van der Waals surface area contributed by atoms with Gasteiger partial charge in [0.25, 0.3) is 5.91 Å². The summed E-state index contributed by atoms with van der Waals surface area (Å²) in [6.45, 7) is 2.29. The van der Waals surface area contributed by atoms with Crippen molar-refractivity contribution >= 4 is 5.91 Å². The zero-order valence-corrected chi connectivity index (χ0v) is 14.2. The molecule has 0 aliphatic carbocycles. The summed E-state index contributed by atoms with van der Waals surface area (Å²) < 4.78 is 5.04. The molecule has 0 radical (unpaired) electrons. The second-order valence-corrected chi connectivity index (χ2v) is 5.72. The van der Waals surface area contributed by atoms with E-state index < -0.39 is 0 Å². The summed E-state index contributed by atoms with van der Waals surface area (Å²) in [6, 6.07) is 1.56. The van der Waals surface area contributed by atoms with E-state index in [1.54, 1.807) is 29.6 Å². The van der Waals surface area contributed by atoms with E-state index in [-0.39, 0.29) is 17.6 Å². The SMILES string of the molecule is COc1cncc(C(=O)N2Cc3nc(-c4ncccn4)ncc3C2C)n1. The minimum absolute atomic E-state index is 0.170. The van der Waals surface area contributed by atoms with Crippen LogP contribution in [0.4, 0.5) is 0 Å². The van der Waals surface area contributed by atoms with Crippen LogP contribution in [-0.2, 0) is 6.54 Å². The molecule has 9 nitrogen and oxygen atoms in total. The molecule has 26 heavy (non-hydrogen) atoms. The Kier molecular flexibility index (Phi) is 3.96. The molecular weight excluding hydrogens is 334 g/mol. The molecule has 1 aliphatic rings. The van der Waals surface area contributed by atoms with Crippen molar-refractivity contribution < 1.29 is 9.53 Å². The van der Waals surface area contributed by atoms with Gasteiger partial charge in [0.05, 0.1) is 37.8 Å². The fourth-order valence-corrected chi connectivity index (χ4v) is 2.83. The van der Waals surface area contributed by atoms with Crippen molar-refractivity contribution in [2.75, 3.05) is 7.11 Å². The van der Waals surface area contributed by atoms with Crippen molar-refractivity contribution in [3.8, 4) is 17.5 Å². The predicted molar refractivity (Wildman–Crippen MR) is 89.9 cm³/mol. The first-order chi connectivity index (χ1) is 12.7. The van der Waals surface area contributed by atoms with Crippen molar-refractivity contribution in [1.29, 1.82) is 0 Å².